The van der Waals surface area contributed by atoms with Crippen molar-refractivity contribution in [1.82, 2.24) is 9.55 Å². The average Bonchev–Trinajstić information content (AvgIpc) is 3.31. The van der Waals surface area contributed by atoms with Crippen LogP contribution >= 0.6 is 11.6 Å². The van der Waals surface area contributed by atoms with E-state index >= 15 is 0 Å². The lowest BCUT2D eigenvalue weighted by Crippen LogP contribution is -2.22. The van der Waals surface area contributed by atoms with E-state index in [9.17, 15) is 4.79 Å². The van der Waals surface area contributed by atoms with Crippen LogP contribution in [-0.2, 0) is 6.54 Å². The van der Waals surface area contributed by atoms with Gasteiger partial charge in [-0.05, 0) is 34.6 Å². The van der Waals surface area contributed by atoms with Crippen LogP contribution in [0, 0.1) is 0 Å². The zero-order chi connectivity index (χ0) is 28.9. The Bertz CT molecular complexity index is 1620. The van der Waals surface area contributed by atoms with Crippen LogP contribution in [0.1, 0.15) is 56.2 Å². The van der Waals surface area contributed by atoms with Crippen molar-refractivity contribution in [3.05, 3.63) is 125 Å². The van der Waals surface area contributed by atoms with Crippen LogP contribution < -0.4 is 10.6 Å². The molecule has 2 amide bonds. The Hall–Kier alpha value is -4.35. The highest BCUT2D eigenvalue weighted by molar-refractivity contribution is 6.33. The standard InChI is InChI=1S/C35H35ClN4O/c1-23(2)27-19-13-20-28(24(3)4)31(27)37-35(41)39-33-32(29-18-11-12-21-30(29)36)40(22-25-14-7-5-8-15-25)34(38-33)26-16-9-6-10-17-26/h5-21,23-24H,22H2,1-4H3,(H2,37,39,41). The molecule has 0 radical (unpaired) electrons. The van der Waals surface area contributed by atoms with Gasteiger partial charge in [0.15, 0.2) is 5.82 Å². The molecule has 0 atom stereocenters. The van der Waals surface area contributed by atoms with Gasteiger partial charge in [-0.1, -0.05) is 136 Å². The maximum Gasteiger partial charge on any atom is 0.324 e. The van der Waals surface area contributed by atoms with Crippen LogP contribution in [0.25, 0.3) is 22.6 Å². The second-order valence-corrected chi connectivity index (χ2v) is 11.2. The maximum atomic E-state index is 13.7. The zero-order valence-corrected chi connectivity index (χ0v) is 24.6. The van der Waals surface area contributed by atoms with Gasteiger partial charge in [-0.25, -0.2) is 9.78 Å². The summed E-state index contributed by atoms with van der Waals surface area (Å²) in [4.78, 5) is 18.7. The molecule has 2 N–H and O–H groups in total. The van der Waals surface area contributed by atoms with Gasteiger partial charge in [0, 0.05) is 23.4 Å². The number of anilines is 2. The minimum Gasteiger partial charge on any atom is -0.318 e. The number of nitrogens with zero attached hydrogens (tertiary/aromatic N) is 2. The summed E-state index contributed by atoms with van der Waals surface area (Å²) in [6.45, 7) is 9.09. The van der Waals surface area contributed by atoms with Crippen molar-refractivity contribution in [3.63, 3.8) is 0 Å². The van der Waals surface area contributed by atoms with E-state index < -0.39 is 0 Å². The molecule has 0 aliphatic heterocycles. The van der Waals surface area contributed by atoms with E-state index in [0.717, 1.165) is 45.0 Å². The molecule has 0 saturated carbocycles. The van der Waals surface area contributed by atoms with E-state index in [2.05, 4.69) is 73.2 Å². The highest BCUT2D eigenvalue weighted by Gasteiger charge is 2.24. The average molecular weight is 563 g/mol. The van der Waals surface area contributed by atoms with Gasteiger partial charge in [0.25, 0.3) is 0 Å². The number of rotatable bonds is 8. The monoisotopic (exact) mass is 562 g/mol. The lowest BCUT2D eigenvalue weighted by atomic mass is 9.93. The number of hydrogen-bond acceptors (Lipinski definition) is 2. The van der Waals surface area contributed by atoms with Crippen molar-refractivity contribution in [2.45, 2.75) is 46.1 Å². The summed E-state index contributed by atoms with van der Waals surface area (Å²) >= 11 is 6.77. The number of urea groups is 1. The van der Waals surface area contributed by atoms with E-state index in [1.54, 1.807) is 0 Å². The van der Waals surface area contributed by atoms with Crippen LogP contribution in [0.15, 0.2) is 103 Å². The van der Waals surface area contributed by atoms with Crippen LogP contribution in [0.3, 0.4) is 0 Å². The summed E-state index contributed by atoms with van der Waals surface area (Å²) in [6, 6.07) is 33.7. The first-order valence-electron chi connectivity index (χ1n) is 14.0. The summed E-state index contributed by atoms with van der Waals surface area (Å²) in [5.74, 6) is 1.68. The fourth-order valence-electron chi connectivity index (χ4n) is 5.14. The van der Waals surface area contributed by atoms with Gasteiger partial charge in [0.05, 0.1) is 10.7 Å². The number of para-hydroxylation sites is 1. The Morgan fingerprint density at radius 2 is 1.34 bits per heavy atom. The molecule has 0 aliphatic carbocycles. The maximum absolute atomic E-state index is 13.7. The minimum absolute atomic E-state index is 0.248. The van der Waals surface area contributed by atoms with Gasteiger partial charge in [0.1, 0.15) is 5.82 Å². The van der Waals surface area contributed by atoms with Gasteiger partial charge in [0.2, 0.25) is 0 Å². The van der Waals surface area contributed by atoms with E-state index in [0.29, 0.717) is 17.4 Å². The molecule has 6 heteroatoms. The van der Waals surface area contributed by atoms with Crippen LogP contribution in [0.2, 0.25) is 5.02 Å². The van der Waals surface area contributed by atoms with E-state index in [4.69, 9.17) is 16.6 Å². The minimum atomic E-state index is -0.350. The molecule has 0 bridgehead atoms. The Balaban J connectivity index is 1.64. The molecule has 41 heavy (non-hydrogen) atoms. The van der Waals surface area contributed by atoms with E-state index in [-0.39, 0.29) is 17.9 Å². The number of carbonyl (C=O) groups is 1. The van der Waals surface area contributed by atoms with Gasteiger partial charge in [-0.3, -0.25) is 5.32 Å². The van der Waals surface area contributed by atoms with Crippen molar-refractivity contribution < 1.29 is 4.79 Å². The molecule has 0 fully saturated rings. The molecule has 5 aromatic rings. The van der Waals surface area contributed by atoms with Crippen LogP contribution in [0.4, 0.5) is 16.3 Å². The Labute approximate surface area is 247 Å². The molecule has 1 heterocycles. The lowest BCUT2D eigenvalue weighted by Gasteiger charge is -2.20. The molecule has 1 aromatic heterocycles. The molecular weight excluding hydrogens is 528 g/mol. The summed E-state index contributed by atoms with van der Waals surface area (Å²) < 4.78 is 2.13. The van der Waals surface area contributed by atoms with E-state index in [1.165, 1.54) is 0 Å². The number of carbonyl (C=O) groups excluding carboxylic acids is 1. The van der Waals surface area contributed by atoms with Gasteiger partial charge < -0.3 is 9.88 Å². The second-order valence-electron chi connectivity index (χ2n) is 10.8. The SMILES string of the molecule is CC(C)c1cccc(C(C)C)c1NC(=O)Nc1nc(-c2ccccc2)n(Cc2ccccc2)c1-c1ccccc1Cl. The van der Waals surface area contributed by atoms with Crippen molar-refractivity contribution in [2.75, 3.05) is 10.6 Å². The van der Waals surface area contributed by atoms with Crippen LogP contribution in [0.5, 0.6) is 0 Å². The third kappa shape index (κ3) is 6.21. The number of nitrogens with one attached hydrogen (secondary N) is 2. The zero-order valence-electron chi connectivity index (χ0n) is 23.9. The number of imidazole rings is 1. The number of hydrogen-bond donors (Lipinski definition) is 2. The highest BCUT2D eigenvalue weighted by atomic mass is 35.5. The molecule has 208 valence electrons. The first-order chi connectivity index (χ1) is 19.8. The molecule has 5 rings (SSSR count). The topological polar surface area (TPSA) is 59.0 Å². The fraction of sp³-hybridized carbons (Fsp3) is 0.200. The van der Waals surface area contributed by atoms with Crippen molar-refractivity contribution in [3.8, 4) is 22.6 Å². The van der Waals surface area contributed by atoms with Gasteiger partial charge >= 0.3 is 6.03 Å². The summed E-state index contributed by atoms with van der Waals surface area (Å²) in [5, 5.41) is 6.84. The second kappa shape index (κ2) is 12.4. The smallest absolute Gasteiger partial charge is 0.318 e. The predicted molar refractivity (Wildman–Crippen MR) is 171 cm³/mol. The first-order valence-corrected chi connectivity index (χ1v) is 14.4. The Kier molecular flexibility index (Phi) is 8.55. The first kappa shape index (κ1) is 28.2. The quantitative estimate of drug-likeness (QED) is 0.198. The molecule has 0 spiro atoms. The van der Waals surface area contributed by atoms with Crippen molar-refractivity contribution >= 4 is 29.1 Å². The summed E-state index contributed by atoms with van der Waals surface area (Å²) in [7, 11) is 0. The lowest BCUT2D eigenvalue weighted by molar-refractivity contribution is 0.262. The van der Waals surface area contributed by atoms with Crippen molar-refractivity contribution in [1.29, 1.82) is 0 Å². The number of aromatic nitrogens is 2. The third-order valence-corrected chi connectivity index (χ3v) is 7.49. The van der Waals surface area contributed by atoms with Crippen LogP contribution in [-0.4, -0.2) is 15.6 Å². The normalized spacial score (nSPS) is 11.2. The molecule has 0 saturated heterocycles. The highest BCUT2D eigenvalue weighted by Crippen LogP contribution is 2.38. The third-order valence-electron chi connectivity index (χ3n) is 7.16. The summed E-state index contributed by atoms with van der Waals surface area (Å²) in [5.41, 5.74) is 6.63. The molecule has 4 aromatic carbocycles. The van der Waals surface area contributed by atoms with Gasteiger partial charge in [-0.15, -0.1) is 0 Å². The molecule has 5 nitrogen and oxygen atoms in total. The number of benzene rings is 4. The largest absolute Gasteiger partial charge is 0.324 e. The number of halogens is 1. The molecule has 0 unspecified atom stereocenters. The van der Waals surface area contributed by atoms with E-state index in [1.807, 2.05) is 72.8 Å². The summed E-state index contributed by atoms with van der Waals surface area (Å²) in [6.07, 6.45) is 0. The molecular formula is C35H35ClN4O. The van der Waals surface area contributed by atoms with Crippen molar-refractivity contribution in [2.24, 2.45) is 0 Å². The Morgan fingerprint density at radius 1 is 0.756 bits per heavy atom. The van der Waals surface area contributed by atoms with Gasteiger partial charge in [-0.2, -0.15) is 0 Å². The predicted octanol–water partition coefficient (Wildman–Crippen LogP) is 9.81. The number of amides is 2. The Morgan fingerprint density at radius 3 is 1.95 bits per heavy atom. The molecule has 0 aliphatic rings. The fourth-order valence-corrected chi connectivity index (χ4v) is 5.37.